The smallest absolute Gasteiger partial charge is 0.424 e. The lowest BCUT2D eigenvalue weighted by Gasteiger charge is -2.05. The second-order valence-corrected chi connectivity index (χ2v) is 2.21. The third-order valence-electron chi connectivity index (χ3n) is 1.56. The van der Waals surface area contributed by atoms with Gasteiger partial charge in [-0.1, -0.05) is 0 Å². The number of hydrogen-bond acceptors (Lipinski definition) is 5. The molecule has 2 rings (SSSR count). The van der Waals surface area contributed by atoms with Crippen LogP contribution < -0.4 is 0 Å². The highest BCUT2D eigenvalue weighted by atomic mass is 16.8. The third-order valence-corrected chi connectivity index (χ3v) is 1.56. The van der Waals surface area contributed by atoms with Crippen molar-refractivity contribution in [1.29, 1.82) is 0 Å². The summed E-state index contributed by atoms with van der Waals surface area (Å²) in [7, 11) is 0. The molecule has 0 bridgehead atoms. The predicted octanol–water partition coefficient (Wildman–Crippen LogP) is -0.761. The zero-order chi connectivity index (χ0) is 7.14. The number of ether oxygens (including phenoxy) is 3. The number of fused-ring (bicyclic) bond motifs is 1. The zero-order valence-corrected chi connectivity index (χ0v) is 5.02. The van der Waals surface area contributed by atoms with Crippen molar-refractivity contribution in [1.82, 2.24) is 0 Å². The second kappa shape index (κ2) is 1.83. The molecule has 10 heavy (non-hydrogen) atoms. The molecule has 5 heteroatoms. The molecular weight excluding hydrogens is 140 g/mol. The summed E-state index contributed by atoms with van der Waals surface area (Å²) < 4.78 is 13.9. The Morgan fingerprint density at radius 3 is 3.00 bits per heavy atom. The van der Waals surface area contributed by atoms with Crippen LogP contribution in [0.4, 0.5) is 4.79 Å². The minimum Gasteiger partial charge on any atom is -0.424 e. The van der Waals surface area contributed by atoms with Gasteiger partial charge in [-0.2, -0.15) is 0 Å². The molecule has 2 saturated heterocycles. The first kappa shape index (κ1) is 5.94. The summed E-state index contributed by atoms with van der Waals surface area (Å²) in [6, 6.07) is 0. The molecule has 0 aliphatic carbocycles. The van der Waals surface area contributed by atoms with E-state index in [1.54, 1.807) is 0 Å². The van der Waals surface area contributed by atoms with Gasteiger partial charge < -0.3 is 19.3 Å². The maximum absolute atomic E-state index is 10.4. The molecule has 2 aliphatic rings. The summed E-state index contributed by atoms with van der Waals surface area (Å²) in [5.74, 6) is 0. The molecule has 1 N–H and O–H groups in total. The van der Waals surface area contributed by atoms with Crippen molar-refractivity contribution >= 4 is 6.16 Å². The molecule has 0 saturated carbocycles. The van der Waals surface area contributed by atoms with Gasteiger partial charge in [-0.25, -0.2) is 4.79 Å². The Bertz CT molecular complexity index is 167. The molecule has 0 aromatic rings. The molecule has 2 unspecified atom stereocenters. The Hall–Kier alpha value is -0.810. The van der Waals surface area contributed by atoms with E-state index in [-0.39, 0.29) is 6.61 Å². The van der Waals surface area contributed by atoms with E-state index in [9.17, 15) is 4.79 Å². The molecule has 2 aliphatic heterocycles. The number of aliphatic hydroxyl groups is 1. The topological polar surface area (TPSA) is 65.0 Å². The monoisotopic (exact) mass is 146 g/mol. The summed E-state index contributed by atoms with van der Waals surface area (Å²) in [6.07, 6.45) is -2.77. The number of carbonyl (C=O) groups is 1. The van der Waals surface area contributed by atoms with Crippen LogP contribution in [0.1, 0.15) is 0 Å². The molecule has 2 heterocycles. The van der Waals surface area contributed by atoms with Gasteiger partial charge in [0.25, 0.3) is 0 Å². The molecule has 56 valence electrons. The van der Waals surface area contributed by atoms with Gasteiger partial charge in [-0.05, 0) is 0 Å². The quantitative estimate of drug-likeness (QED) is 0.455. The molecular formula is C5H6O5. The Labute approximate surface area is 56.5 Å². The first-order chi connectivity index (χ1) is 4.77. The van der Waals surface area contributed by atoms with E-state index in [1.807, 2.05) is 0 Å². The molecule has 2 fully saturated rings. The van der Waals surface area contributed by atoms with Gasteiger partial charge >= 0.3 is 6.16 Å². The fourth-order valence-corrected chi connectivity index (χ4v) is 1.06. The highest BCUT2D eigenvalue weighted by Crippen LogP contribution is 2.24. The lowest BCUT2D eigenvalue weighted by molar-refractivity contribution is -0.108. The molecule has 0 aromatic carbocycles. The van der Waals surface area contributed by atoms with Crippen molar-refractivity contribution in [3.63, 3.8) is 0 Å². The van der Waals surface area contributed by atoms with Crippen molar-refractivity contribution in [2.75, 3.05) is 6.61 Å². The zero-order valence-electron chi connectivity index (χ0n) is 5.02. The predicted molar refractivity (Wildman–Crippen MR) is 27.1 cm³/mol. The Morgan fingerprint density at radius 1 is 1.50 bits per heavy atom. The summed E-state index contributed by atoms with van der Waals surface area (Å²) in [6.45, 7) is 0.220. The highest BCUT2D eigenvalue weighted by molar-refractivity contribution is 5.62. The number of hydrogen-bond donors (Lipinski definition) is 1. The first-order valence-corrected chi connectivity index (χ1v) is 2.94. The van der Waals surface area contributed by atoms with Gasteiger partial charge in [0.2, 0.25) is 0 Å². The van der Waals surface area contributed by atoms with E-state index < -0.39 is 24.7 Å². The van der Waals surface area contributed by atoms with Gasteiger partial charge in [0.15, 0.2) is 18.5 Å². The van der Waals surface area contributed by atoms with E-state index >= 15 is 0 Å². The van der Waals surface area contributed by atoms with Crippen LogP contribution in [-0.4, -0.2) is 36.4 Å². The van der Waals surface area contributed by atoms with Crippen LogP contribution in [0.15, 0.2) is 0 Å². The van der Waals surface area contributed by atoms with Crippen molar-refractivity contribution in [3.05, 3.63) is 0 Å². The Kier molecular flexibility index (Phi) is 1.09. The van der Waals surface area contributed by atoms with Crippen LogP contribution in [-0.2, 0) is 14.2 Å². The molecule has 5 nitrogen and oxygen atoms in total. The van der Waals surface area contributed by atoms with E-state index in [1.165, 1.54) is 0 Å². The largest absolute Gasteiger partial charge is 0.509 e. The van der Waals surface area contributed by atoms with Crippen LogP contribution in [0.2, 0.25) is 0 Å². The Balaban J connectivity index is 2.12. The fourth-order valence-electron chi connectivity index (χ4n) is 1.06. The lowest BCUT2D eigenvalue weighted by atomic mass is 10.2. The van der Waals surface area contributed by atoms with Crippen molar-refractivity contribution < 1.29 is 24.1 Å². The van der Waals surface area contributed by atoms with Crippen molar-refractivity contribution in [2.45, 2.75) is 18.5 Å². The summed E-state index contributed by atoms with van der Waals surface area (Å²) >= 11 is 0. The number of aliphatic hydroxyl groups excluding tert-OH is 1. The molecule has 0 aromatic heterocycles. The molecule has 0 radical (unpaired) electrons. The minimum absolute atomic E-state index is 0.220. The van der Waals surface area contributed by atoms with Gasteiger partial charge in [-0.3, -0.25) is 0 Å². The minimum atomic E-state index is -1.02. The first-order valence-electron chi connectivity index (χ1n) is 2.94. The molecule has 0 amide bonds. The van der Waals surface area contributed by atoms with Crippen LogP contribution in [0, 0.1) is 0 Å². The lowest BCUT2D eigenvalue weighted by Crippen LogP contribution is -2.26. The molecule has 0 spiro atoms. The van der Waals surface area contributed by atoms with Gasteiger partial charge in [0.1, 0.15) is 0 Å². The Morgan fingerprint density at radius 2 is 2.30 bits per heavy atom. The van der Waals surface area contributed by atoms with E-state index in [2.05, 4.69) is 9.47 Å². The van der Waals surface area contributed by atoms with E-state index in [0.717, 1.165) is 0 Å². The standard InChI is InChI=1S/C5H6O5/c6-4-3-2(1-8-4)9-5(7)10-3/h2-4,6H,1H2/t2?,3-,4?/m0/s1. The van der Waals surface area contributed by atoms with Crippen molar-refractivity contribution in [3.8, 4) is 0 Å². The average Bonchev–Trinajstić information content (AvgIpc) is 2.35. The van der Waals surface area contributed by atoms with Crippen LogP contribution in [0.25, 0.3) is 0 Å². The van der Waals surface area contributed by atoms with Crippen LogP contribution in [0.3, 0.4) is 0 Å². The molecule has 3 atom stereocenters. The van der Waals surface area contributed by atoms with Crippen LogP contribution >= 0.6 is 0 Å². The normalized spacial score (nSPS) is 44.5. The fraction of sp³-hybridized carbons (Fsp3) is 0.800. The summed E-state index contributed by atoms with van der Waals surface area (Å²) in [5.41, 5.74) is 0. The summed E-state index contributed by atoms with van der Waals surface area (Å²) in [4.78, 5) is 10.4. The van der Waals surface area contributed by atoms with Gasteiger partial charge in [0, 0.05) is 0 Å². The summed E-state index contributed by atoms with van der Waals surface area (Å²) in [5, 5.41) is 8.94. The maximum Gasteiger partial charge on any atom is 0.509 e. The highest BCUT2D eigenvalue weighted by Gasteiger charge is 2.47. The van der Waals surface area contributed by atoms with Crippen molar-refractivity contribution in [2.24, 2.45) is 0 Å². The number of rotatable bonds is 0. The number of carbonyl (C=O) groups excluding carboxylic acids is 1. The van der Waals surface area contributed by atoms with Gasteiger partial charge in [-0.15, -0.1) is 0 Å². The van der Waals surface area contributed by atoms with Crippen LogP contribution in [0.5, 0.6) is 0 Å². The average molecular weight is 146 g/mol. The van der Waals surface area contributed by atoms with Gasteiger partial charge in [0.05, 0.1) is 6.61 Å². The second-order valence-electron chi connectivity index (χ2n) is 2.21. The van der Waals surface area contributed by atoms with E-state index in [4.69, 9.17) is 9.84 Å². The maximum atomic E-state index is 10.4. The SMILES string of the molecule is O=C1OC2COC(O)[C@H]2O1. The third kappa shape index (κ3) is 0.676. The van der Waals surface area contributed by atoms with E-state index in [0.29, 0.717) is 0 Å².